The second-order valence-corrected chi connectivity index (χ2v) is 7.56. The first-order valence-corrected chi connectivity index (χ1v) is 10.00. The first-order chi connectivity index (χ1) is 14.1. The molecule has 0 amide bonds. The minimum atomic E-state index is -0.453. The van der Waals surface area contributed by atoms with Crippen LogP contribution in [-0.2, 0) is 13.0 Å². The van der Waals surface area contributed by atoms with E-state index in [9.17, 15) is 9.50 Å². The molecule has 1 aliphatic heterocycles. The Morgan fingerprint density at radius 1 is 1.14 bits per heavy atom. The number of hydrogen-bond donors (Lipinski definition) is 1. The number of nitrogens with zero attached hydrogens (tertiary/aromatic N) is 2. The zero-order chi connectivity index (χ0) is 20.2. The van der Waals surface area contributed by atoms with Gasteiger partial charge in [-0.1, -0.05) is 41.9 Å². The van der Waals surface area contributed by atoms with Crippen molar-refractivity contribution in [3.8, 4) is 5.88 Å². The van der Waals surface area contributed by atoms with Gasteiger partial charge in [0, 0.05) is 35.4 Å². The minimum Gasteiger partial charge on any atom is -0.470 e. The van der Waals surface area contributed by atoms with E-state index in [1.165, 1.54) is 12.3 Å². The Balaban J connectivity index is 1.47. The number of hydrogen-bond acceptors (Lipinski definition) is 4. The van der Waals surface area contributed by atoms with E-state index in [1.807, 2.05) is 36.4 Å². The molecular weight excluding hydrogens is 391 g/mol. The van der Waals surface area contributed by atoms with Crippen LogP contribution in [0.3, 0.4) is 0 Å². The van der Waals surface area contributed by atoms with Gasteiger partial charge in [0.1, 0.15) is 6.10 Å². The van der Waals surface area contributed by atoms with E-state index in [-0.39, 0.29) is 18.6 Å². The van der Waals surface area contributed by atoms with Crippen LogP contribution in [0.25, 0.3) is 0 Å². The highest BCUT2D eigenvalue weighted by atomic mass is 35.5. The van der Waals surface area contributed by atoms with Gasteiger partial charge in [0.15, 0.2) is 5.82 Å². The summed E-state index contributed by atoms with van der Waals surface area (Å²) in [7, 11) is 0. The molecular formula is C23H22ClFN2O2. The van der Waals surface area contributed by atoms with Gasteiger partial charge in [0.25, 0.3) is 5.88 Å². The van der Waals surface area contributed by atoms with Crippen molar-refractivity contribution in [2.75, 3.05) is 18.0 Å². The SMILES string of the molecule is OCc1cc(Cc2ccccc2Cl)ccc1N1CC[C@H](Oc2ncccc2F)C1. The van der Waals surface area contributed by atoms with Gasteiger partial charge < -0.3 is 14.7 Å². The highest BCUT2D eigenvalue weighted by Gasteiger charge is 2.26. The largest absolute Gasteiger partial charge is 0.470 e. The van der Waals surface area contributed by atoms with Crippen LogP contribution in [0, 0.1) is 5.82 Å². The summed E-state index contributed by atoms with van der Waals surface area (Å²) in [5.74, 6) is -0.414. The van der Waals surface area contributed by atoms with Gasteiger partial charge in [-0.25, -0.2) is 9.37 Å². The molecule has 0 unspecified atom stereocenters. The van der Waals surface area contributed by atoms with Gasteiger partial charge in [-0.3, -0.25) is 0 Å². The second-order valence-electron chi connectivity index (χ2n) is 7.15. The van der Waals surface area contributed by atoms with Gasteiger partial charge >= 0.3 is 0 Å². The number of aliphatic hydroxyl groups is 1. The third-order valence-corrected chi connectivity index (χ3v) is 5.52. The molecule has 0 radical (unpaired) electrons. The van der Waals surface area contributed by atoms with E-state index >= 15 is 0 Å². The molecule has 1 aromatic heterocycles. The van der Waals surface area contributed by atoms with Crippen LogP contribution in [0.4, 0.5) is 10.1 Å². The molecule has 1 saturated heterocycles. The minimum absolute atomic E-state index is 0.0387. The first-order valence-electron chi connectivity index (χ1n) is 9.62. The summed E-state index contributed by atoms with van der Waals surface area (Å²) in [4.78, 5) is 6.13. The van der Waals surface area contributed by atoms with Crippen LogP contribution < -0.4 is 9.64 Å². The van der Waals surface area contributed by atoms with Gasteiger partial charge in [0.2, 0.25) is 0 Å². The van der Waals surface area contributed by atoms with Crippen molar-refractivity contribution in [1.29, 1.82) is 0 Å². The summed E-state index contributed by atoms with van der Waals surface area (Å²) in [6.45, 7) is 1.34. The van der Waals surface area contributed by atoms with E-state index in [2.05, 4.69) is 16.0 Å². The number of aromatic nitrogens is 1. The van der Waals surface area contributed by atoms with Crippen LogP contribution in [0.2, 0.25) is 5.02 Å². The van der Waals surface area contributed by atoms with Crippen LogP contribution >= 0.6 is 11.6 Å². The summed E-state index contributed by atoms with van der Waals surface area (Å²) >= 11 is 6.27. The highest BCUT2D eigenvalue weighted by molar-refractivity contribution is 6.31. The molecule has 6 heteroatoms. The number of ether oxygens (including phenoxy) is 1. The quantitative estimate of drug-likeness (QED) is 0.642. The normalized spacial score (nSPS) is 16.2. The summed E-state index contributed by atoms with van der Waals surface area (Å²) in [6, 6.07) is 16.8. The van der Waals surface area contributed by atoms with Gasteiger partial charge in [-0.2, -0.15) is 0 Å². The molecule has 1 atom stereocenters. The van der Waals surface area contributed by atoms with Crippen LogP contribution in [-0.4, -0.2) is 29.3 Å². The molecule has 29 heavy (non-hydrogen) atoms. The number of pyridine rings is 1. The third-order valence-electron chi connectivity index (χ3n) is 5.16. The average Bonchev–Trinajstić information content (AvgIpc) is 3.19. The zero-order valence-electron chi connectivity index (χ0n) is 15.9. The Hall–Kier alpha value is -2.63. The summed E-state index contributed by atoms with van der Waals surface area (Å²) in [5, 5.41) is 10.7. The number of aliphatic hydroxyl groups excluding tert-OH is 1. The topological polar surface area (TPSA) is 45.6 Å². The first kappa shape index (κ1) is 19.7. The Morgan fingerprint density at radius 3 is 2.79 bits per heavy atom. The molecule has 2 aromatic carbocycles. The smallest absolute Gasteiger partial charge is 0.250 e. The molecule has 0 saturated carbocycles. The van der Waals surface area contributed by atoms with E-state index in [1.54, 1.807) is 6.07 Å². The molecule has 150 valence electrons. The lowest BCUT2D eigenvalue weighted by atomic mass is 10.0. The number of halogens is 2. The summed E-state index contributed by atoms with van der Waals surface area (Å²) < 4.78 is 19.5. The fourth-order valence-electron chi connectivity index (χ4n) is 3.70. The van der Waals surface area contributed by atoms with Gasteiger partial charge in [0.05, 0.1) is 13.2 Å². The lowest BCUT2D eigenvalue weighted by molar-refractivity contribution is 0.205. The number of benzene rings is 2. The maximum Gasteiger partial charge on any atom is 0.250 e. The van der Waals surface area contributed by atoms with Crippen LogP contribution in [0.5, 0.6) is 5.88 Å². The van der Waals surface area contributed by atoms with Crippen molar-refractivity contribution in [3.05, 3.63) is 88.3 Å². The van der Waals surface area contributed by atoms with Crippen LogP contribution in [0.15, 0.2) is 60.8 Å². The Morgan fingerprint density at radius 2 is 2.00 bits per heavy atom. The maximum atomic E-state index is 13.8. The third kappa shape index (κ3) is 4.52. The molecule has 3 aromatic rings. The Labute approximate surface area is 174 Å². The standard InChI is InChI=1S/C23H22ClFN2O2/c24-20-5-2-1-4-17(20)12-16-7-8-22(18(13-16)15-28)27-11-9-19(14-27)29-23-21(25)6-3-10-26-23/h1-8,10,13,19,28H,9,11-12,14-15H2/t19-/m0/s1. The van der Waals surface area contributed by atoms with Crippen molar-refractivity contribution >= 4 is 17.3 Å². The predicted molar refractivity (Wildman–Crippen MR) is 112 cm³/mol. The summed E-state index contributed by atoms with van der Waals surface area (Å²) in [6.07, 6.45) is 2.85. The highest BCUT2D eigenvalue weighted by Crippen LogP contribution is 2.29. The molecule has 0 aliphatic carbocycles. The van der Waals surface area contributed by atoms with Crippen molar-refractivity contribution in [3.63, 3.8) is 0 Å². The zero-order valence-corrected chi connectivity index (χ0v) is 16.6. The van der Waals surface area contributed by atoms with Crippen molar-refractivity contribution in [1.82, 2.24) is 4.98 Å². The van der Waals surface area contributed by atoms with E-state index in [0.717, 1.165) is 40.4 Å². The molecule has 1 fully saturated rings. The van der Waals surface area contributed by atoms with E-state index in [0.29, 0.717) is 13.0 Å². The Bertz CT molecular complexity index is 998. The van der Waals surface area contributed by atoms with Crippen molar-refractivity contribution in [2.45, 2.75) is 25.6 Å². The molecule has 0 bridgehead atoms. The lowest BCUT2D eigenvalue weighted by Crippen LogP contribution is -2.26. The molecule has 1 N–H and O–H groups in total. The maximum absolute atomic E-state index is 13.8. The fourth-order valence-corrected chi connectivity index (χ4v) is 3.91. The monoisotopic (exact) mass is 412 g/mol. The fraction of sp³-hybridized carbons (Fsp3) is 0.261. The van der Waals surface area contributed by atoms with Crippen molar-refractivity contribution in [2.24, 2.45) is 0 Å². The van der Waals surface area contributed by atoms with Crippen LogP contribution in [0.1, 0.15) is 23.1 Å². The van der Waals surface area contributed by atoms with Gasteiger partial charge in [-0.15, -0.1) is 0 Å². The van der Waals surface area contributed by atoms with E-state index in [4.69, 9.17) is 16.3 Å². The molecule has 4 rings (SSSR count). The molecule has 2 heterocycles. The van der Waals surface area contributed by atoms with Crippen molar-refractivity contribution < 1.29 is 14.2 Å². The number of rotatable bonds is 6. The average molecular weight is 413 g/mol. The molecule has 4 nitrogen and oxygen atoms in total. The predicted octanol–water partition coefficient (Wildman–Crippen LogP) is 4.61. The molecule has 1 aliphatic rings. The molecule has 0 spiro atoms. The van der Waals surface area contributed by atoms with Gasteiger partial charge in [-0.05, 0) is 41.8 Å². The second kappa shape index (κ2) is 8.80. The summed E-state index contributed by atoms with van der Waals surface area (Å²) in [5.41, 5.74) is 3.98. The lowest BCUT2D eigenvalue weighted by Gasteiger charge is -2.22. The Kier molecular flexibility index (Phi) is 5.97. The number of anilines is 1. The van der Waals surface area contributed by atoms with E-state index < -0.39 is 5.82 Å².